The molecule has 5 nitrogen and oxygen atoms in total. The minimum atomic E-state index is -0.425. The van der Waals surface area contributed by atoms with Crippen LogP contribution in [0.25, 0.3) is 0 Å². The first-order valence-corrected chi connectivity index (χ1v) is 9.77. The molecule has 2 aromatic rings. The van der Waals surface area contributed by atoms with Crippen LogP contribution in [0.4, 0.5) is 5.69 Å². The first-order valence-electron chi connectivity index (χ1n) is 9.39. The highest BCUT2D eigenvalue weighted by Crippen LogP contribution is 2.34. The molecule has 0 bridgehead atoms. The first kappa shape index (κ1) is 20.4. The summed E-state index contributed by atoms with van der Waals surface area (Å²) in [5, 5.41) is 3.65. The van der Waals surface area contributed by atoms with Crippen molar-refractivity contribution in [1.29, 1.82) is 0 Å². The van der Waals surface area contributed by atoms with E-state index in [1.54, 1.807) is 18.2 Å². The van der Waals surface area contributed by atoms with Gasteiger partial charge in [0.05, 0.1) is 19.2 Å². The van der Waals surface area contributed by atoms with Crippen molar-refractivity contribution < 1.29 is 14.3 Å². The maximum atomic E-state index is 12.8. The van der Waals surface area contributed by atoms with Crippen LogP contribution >= 0.6 is 11.6 Å². The summed E-state index contributed by atoms with van der Waals surface area (Å²) in [6.07, 6.45) is 2.20. The Hall–Kier alpha value is -2.37. The average molecular weight is 401 g/mol. The molecule has 6 heteroatoms. The predicted octanol–water partition coefficient (Wildman–Crippen LogP) is 4.60. The van der Waals surface area contributed by atoms with Crippen LogP contribution < -0.4 is 5.32 Å². The Labute approximate surface area is 170 Å². The molecule has 0 aromatic heterocycles. The van der Waals surface area contributed by atoms with Crippen LogP contribution in [0, 0.1) is 6.92 Å². The molecular formula is C22H25ClN2O3. The summed E-state index contributed by atoms with van der Waals surface area (Å²) in [7, 11) is 1.34. The number of rotatable bonds is 7. The molecule has 1 N–H and O–H groups in total. The molecule has 1 amide bonds. The molecule has 1 aliphatic carbocycles. The molecule has 1 fully saturated rings. The molecule has 2 aromatic carbocycles. The van der Waals surface area contributed by atoms with E-state index < -0.39 is 5.97 Å². The van der Waals surface area contributed by atoms with Gasteiger partial charge in [-0.2, -0.15) is 0 Å². The Balaban J connectivity index is 1.71. The van der Waals surface area contributed by atoms with E-state index in [0.717, 1.165) is 24.0 Å². The molecule has 1 saturated carbocycles. The summed E-state index contributed by atoms with van der Waals surface area (Å²) < 4.78 is 4.76. The molecule has 1 atom stereocenters. The molecule has 0 saturated heterocycles. The third-order valence-corrected chi connectivity index (χ3v) is 5.38. The number of hydrogen-bond acceptors (Lipinski definition) is 4. The van der Waals surface area contributed by atoms with Gasteiger partial charge in [-0.05, 0) is 62.1 Å². The SMILES string of the molecule is COC(=O)c1ccc(C)c(NC(=O)CN(C2CC2)C(C)c2ccc(Cl)cc2)c1. The lowest BCUT2D eigenvalue weighted by molar-refractivity contribution is -0.118. The molecule has 0 heterocycles. The van der Waals surface area contributed by atoms with E-state index in [-0.39, 0.29) is 18.5 Å². The van der Waals surface area contributed by atoms with Crippen molar-refractivity contribution in [2.75, 3.05) is 19.0 Å². The fourth-order valence-electron chi connectivity index (χ4n) is 3.28. The second kappa shape index (κ2) is 8.76. The zero-order chi connectivity index (χ0) is 20.3. The number of esters is 1. The van der Waals surface area contributed by atoms with Gasteiger partial charge >= 0.3 is 5.97 Å². The molecule has 3 rings (SSSR count). The van der Waals surface area contributed by atoms with E-state index in [9.17, 15) is 9.59 Å². The van der Waals surface area contributed by atoms with E-state index in [2.05, 4.69) is 17.1 Å². The largest absolute Gasteiger partial charge is 0.465 e. The Morgan fingerprint density at radius 1 is 1.21 bits per heavy atom. The van der Waals surface area contributed by atoms with Gasteiger partial charge in [-0.15, -0.1) is 0 Å². The van der Waals surface area contributed by atoms with Crippen LogP contribution in [0.15, 0.2) is 42.5 Å². The van der Waals surface area contributed by atoms with Gasteiger partial charge < -0.3 is 10.1 Å². The van der Waals surface area contributed by atoms with Crippen molar-refractivity contribution in [3.8, 4) is 0 Å². The number of nitrogens with zero attached hydrogens (tertiary/aromatic N) is 1. The Bertz CT molecular complexity index is 863. The lowest BCUT2D eigenvalue weighted by Gasteiger charge is -2.29. The monoisotopic (exact) mass is 400 g/mol. The van der Waals surface area contributed by atoms with Crippen LogP contribution in [0.2, 0.25) is 5.02 Å². The van der Waals surface area contributed by atoms with E-state index in [1.165, 1.54) is 7.11 Å². The van der Waals surface area contributed by atoms with E-state index >= 15 is 0 Å². The lowest BCUT2D eigenvalue weighted by Crippen LogP contribution is -2.37. The molecule has 28 heavy (non-hydrogen) atoms. The summed E-state index contributed by atoms with van der Waals surface area (Å²) in [5.74, 6) is -0.524. The number of halogens is 1. The third-order valence-electron chi connectivity index (χ3n) is 5.12. The maximum absolute atomic E-state index is 12.8. The summed E-state index contributed by atoms with van der Waals surface area (Å²) >= 11 is 6.00. The molecule has 0 aliphatic heterocycles. The van der Waals surface area contributed by atoms with Crippen LogP contribution in [0.3, 0.4) is 0 Å². The molecule has 0 radical (unpaired) electrons. The van der Waals surface area contributed by atoms with Crippen molar-refractivity contribution in [2.24, 2.45) is 0 Å². The number of ether oxygens (including phenoxy) is 1. The zero-order valence-electron chi connectivity index (χ0n) is 16.4. The van der Waals surface area contributed by atoms with Crippen molar-refractivity contribution in [3.05, 3.63) is 64.2 Å². The lowest BCUT2D eigenvalue weighted by atomic mass is 10.1. The van der Waals surface area contributed by atoms with Crippen LogP contribution in [-0.2, 0) is 9.53 Å². The van der Waals surface area contributed by atoms with Gasteiger partial charge in [0.15, 0.2) is 0 Å². The highest BCUT2D eigenvalue weighted by atomic mass is 35.5. The normalized spacial score (nSPS) is 14.6. The minimum absolute atomic E-state index is 0.0992. The second-order valence-corrected chi connectivity index (χ2v) is 7.64. The summed E-state index contributed by atoms with van der Waals surface area (Å²) in [5.41, 5.74) is 3.07. The molecular weight excluding hydrogens is 376 g/mol. The number of benzene rings is 2. The van der Waals surface area contributed by atoms with Crippen molar-refractivity contribution in [3.63, 3.8) is 0 Å². The smallest absolute Gasteiger partial charge is 0.337 e. The number of carbonyl (C=O) groups is 2. The third kappa shape index (κ3) is 4.91. The zero-order valence-corrected chi connectivity index (χ0v) is 17.1. The fourth-order valence-corrected chi connectivity index (χ4v) is 3.40. The minimum Gasteiger partial charge on any atom is -0.465 e. The first-order chi connectivity index (χ1) is 13.4. The molecule has 148 valence electrons. The quantitative estimate of drug-likeness (QED) is 0.690. The Kier molecular flexibility index (Phi) is 6.37. The van der Waals surface area contributed by atoms with Gasteiger partial charge in [0.2, 0.25) is 5.91 Å². The van der Waals surface area contributed by atoms with Gasteiger partial charge in [-0.25, -0.2) is 4.79 Å². The summed E-state index contributed by atoms with van der Waals surface area (Å²) in [6, 6.07) is 13.4. The molecule has 1 aliphatic rings. The highest BCUT2D eigenvalue weighted by molar-refractivity contribution is 6.30. The van der Waals surface area contributed by atoms with Crippen molar-refractivity contribution in [2.45, 2.75) is 38.8 Å². The van der Waals surface area contributed by atoms with E-state index in [1.807, 2.05) is 31.2 Å². The van der Waals surface area contributed by atoms with Gasteiger partial charge in [0.25, 0.3) is 0 Å². The number of anilines is 1. The van der Waals surface area contributed by atoms with Crippen molar-refractivity contribution >= 4 is 29.2 Å². The number of nitrogens with one attached hydrogen (secondary N) is 1. The summed E-state index contributed by atoms with van der Waals surface area (Å²) in [4.78, 5) is 26.7. The van der Waals surface area contributed by atoms with E-state index in [0.29, 0.717) is 22.3 Å². The number of aryl methyl sites for hydroxylation is 1. The number of carbonyl (C=O) groups excluding carboxylic acids is 2. The van der Waals surface area contributed by atoms with Gasteiger partial charge in [0, 0.05) is 22.8 Å². The number of methoxy groups -OCH3 is 1. The van der Waals surface area contributed by atoms with Gasteiger partial charge in [0.1, 0.15) is 0 Å². The number of amides is 1. The van der Waals surface area contributed by atoms with Crippen LogP contribution in [-0.4, -0.2) is 36.5 Å². The average Bonchev–Trinajstić information content (AvgIpc) is 3.52. The number of hydrogen-bond donors (Lipinski definition) is 1. The Morgan fingerprint density at radius 3 is 2.50 bits per heavy atom. The fraction of sp³-hybridized carbons (Fsp3) is 0.364. The van der Waals surface area contributed by atoms with Crippen LogP contribution in [0.5, 0.6) is 0 Å². The highest BCUT2D eigenvalue weighted by Gasteiger charge is 2.34. The summed E-state index contributed by atoms with van der Waals surface area (Å²) in [6.45, 7) is 4.29. The second-order valence-electron chi connectivity index (χ2n) is 7.20. The van der Waals surface area contributed by atoms with E-state index in [4.69, 9.17) is 16.3 Å². The van der Waals surface area contributed by atoms with Gasteiger partial charge in [-0.3, -0.25) is 9.69 Å². The maximum Gasteiger partial charge on any atom is 0.337 e. The predicted molar refractivity (Wildman–Crippen MR) is 111 cm³/mol. The molecule has 1 unspecified atom stereocenters. The standard InChI is InChI=1S/C22H25ClN2O3/c1-14-4-5-17(22(27)28-3)12-20(14)24-21(26)13-25(19-10-11-19)15(2)16-6-8-18(23)9-7-16/h4-9,12,15,19H,10-11,13H2,1-3H3,(H,24,26). The van der Waals surface area contributed by atoms with Crippen LogP contribution in [0.1, 0.15) is 47.3 Å². The Morgan fingerprint density at radius 2 is 1.89 bits per heavy atom. The van der Waals surface area contributed by atoms with Crippen molar-refractivity contribution in [1.82, 2.24) is 4.90 Å². The van der Waals surface area contributed by atoms with Gasteiger partial charge in [-0.1, -0.05) is 29.8 Å². The topological polar surface area (TPSA) is 58.6 Å². The molecule has 0 spiro atoms.